The lowest BCUT2D eigenvalue weighted by atomic mass is 10.1. The number of hydrogen-bond donors (Lipinski definition) is 1. The highest BCUT2D eigenvalue weighted by atomic mass is 14.8. The van der Waals surface area contributed by atoms with E-state index in [-0.39, 0.29) is 0 Å². The fraction of sp³-hybridized carbons (Fsp3) is 0.333. The maximum atomic E-state index is 5.77. The van der Waals surface area contributed by atoms with Gasteiger partial charge in [0.15, 0.2) is 0 Å². The minimum absolute atomic E-state index is 0.757. The molecule has 0 atom stereocenters. The van der Waals surface area contributed by atoms with Gasteiger partial charge in [-0.3, -0.25) is 9.98 Å². The van der Waals surface area contributed by atoms with E-state index in [4.69, 9.17) is 15.7 Å². The molecule has 3 heteroatoms. The van der Waals surface area contributed by atoms with Crippen molar-refractivity contribution in [3.63, 3.8) is 0 Å². The Kier molecular flexibility index (Phi) is 6.74. The summed E-state index contributed by atoms with van der Waals surface area (Å²) in [6, 6.07) is 16.0. The average Bonchev–Trinajstić information content (AvgIpc) is 2.58. The van der Waals surface area contributed by atoms with Crippen LogP contribution in [-0.4, -0.2) is 11.4 Å². The van der Waals surface area contributed by atoms with Crippen LogP contribution in [0, 0.1) is 6.92 Å². The molecule has 0 amide bonds. The smallest absolute Gasteiger partial charge is 0.0635 e. The van der Waals surface area contributed by atoms with Gasteiger partial charge in [-0.2, -0.15) is 0 Å². The molecular weight excluding hydrogens is 294 g/mol. The molecule has 0 aliphatic rings. The highest BCUT2D eigenvalue weighted by molar-refractivity contribution is 6.43. The third-order valence-electron chi connectivity index (χ3n) is 3.76. The van der Waals surface area contributed by atoms with Crippen molar-refractivity contribution in [2.75, 3.05) is 5.73 Å². The normalized spacial score (nSPS) is 12.5. The van der Waals surface area contributed by atoms with Crippen molar-refractivity contribution in [2.45, 2.75) is 46.5 Å². The number of hydrogen-bond acceptors (Lipinski definition) is 3. The zero-order valence-electron chi connectivity index (χ0n) is 14.9. The molecule has 126 valence electrons. The van der Waals surface area contributed by atoms with E-state index in [1.807, 2.05) is 24.3 Å². The van der Waals surface area contributed by atoms with Crippen molar-refractivity contribution in [1.29, 1.82) is 0 Å². The molecule has 2 rings (SSSR count). The van der Waals surface area contributed by atoms with Crippen LogP contribution in [-0.2, 0) is 0 Å². The van der Waals surface area contributed by atoms with Crippen molar-refractivity contribution in [3.05, 3.63) is 54.1 Å². The molecule has 0 fully saturated rings. The molecule has 3 nitrogen and oxygen atoms in total. The number of anilines is 1. The number of nitrogens with zero attached hydrogens (tertiary/aromatic N) is 2. The van der Waals surface area contributed by atoms with E-state index in [0.29, 0.717) is 0 Å². The Morgan fingerprint density at radius 3 is 1.58 bits per heavy atom. The summed E-state index contributed by atoms with van der Waals surface area (Å²) < 4.78 is 0. The Hall–Kier alpha value is -2.42. The van der Waals surface area contributed by atoms with Crippen LogP contribution in [0.15, 0.2) is 58.5 Å². The number of rotatable bonds is 7. The maximum absolute atomic E-state index is 5.77. The largest absolute Gasteiger partial charge is 0.399 e. The Morgan fingerprint density at radius 1 is 0.750 bits per heavy atom. The average molecular weight is 321 g/mol. The van der Waals surface area contributed by atoms with Crippen LogP contribution in [0.5, 0.6) is 0 Å². The van der Waals surface area contributed by atoms with Crippen molar-refractivity contribution in [2.24, 2.45) is 9.98 Å². The fourth-order valence-electron chi connectivity index (χ4n) is 2.48. The SMILES string of the molecule is CCCC(=Nc1ccc(C)cc1)C(CCC)=Nc1ccc(N)cc1. The Bertz CT molecular complexity index is 631. The highest BCUT2D eigenvalue weighted by Gasteiger charge is 2.09. The topological polar surface area (TPSA) is 50.7 Å². The molecule has 0 unspecified atom stereocenters. The maximum Gasteiger partial charge on any atom is 0.0635 e. The zero-order valence-corrected chi connectivity index (χ0v) is 14.9. The lowest BCUT2D eigenvalue weighted by molar-refractivity contribution is 0.973. The highest BCUT2D eigenvalue weighted by Crippen LogP contribution is 2.19. The van der Waals surface area contributed by atoms with Gasteiger partial charge in [0.25, 0.3) is 0 Å². The predicted molar refractivity (Wildman–Crippen MR) is 106 cm³/mol. The number of aryl methyl sites for hydroxylation is 1. The van der Waals surface area contributed by atoms with Crippen molar-refractivity contribution < 1.29 is 0 Å². The van der Waals surface area contributed by atoms with E-state index in [1.54, 1.807) is 0 Å². The van der Waals surface area contributed by atoms with Crippen LogP contribution in [0.3, 0.4) is 0 Å². The second-order valence-electron chi connectivity index (χ2n) is 6.04. The molecule has 0 saturated heterocycles. The first-order valence-electron chi connectivity index (χ1n) is 8.70. The minimum atomic E-state index is 0.757. The Morgan fingerprint density at radius 2 is 1.17 bits per heavy atom. The van der Waals surface area contributed by atoms with Gasteiger partial charge in [-0.05, 0) is 56.2 Å². The van der Waals surface area contributed by atoms with E-state index >= 15 is 0 Å². The van der Waals surface area contributed by atoms with E-state index < -0.39 is 0 Å². The van der Waals surface area contributed by atoms with Gasteiger partial charge in [0.2, 0.25) is 0 Å². The number of nitrogens with two attached hydrogens (primary N) is 1. The summed E-state index contributed by atoms with van der Waals surface area (Å²) in [7, 11) is 0. The lowest BCUT2D eigenvalue weighted by Gasteiger charge is -2.10. The second-order valence-corrected chi connectivity index (χ2v) is 6.04. The van der Waals surface area contributed by atoms with Crippen LogP contribution in [0.1, 0.15) is 45.1 Å². The van der Waals surface area contributed by atoms with E-state index in [2.05, 4.69) is 45.0 Å². The van der Waals surface area contributed by atoms with Gasteiger partial charge in [-0.15, -0.1) is 0 Å². The fourth-order valence-corrected chi connectivity index (χ4v) is 2.48. The molecule has 0 aromatic heterocycles. The summed E-state index contributed by atoms with van der Waals surface area (Å²) in [4.78, 5) is 9.74. The van der Waals surface area contributed by atoms with Crippen molar-refractivity contribution in [1.82, 2.24) is 0 Å². The standard InChI is InChI=1S/C21H27N3/c1-4-6-20(23-18-12-8-16(3)9-13-18)21(7-5-2)24-19-14-10-17(22)11-15-19/h8-15H,4-7,22H2,1-3H3. The molecule has 0 saturated carbocycles. The van der Waals surface area contributed by atoms with Crippen LogP contribution in [0.4, 0.5) is 17.1 Å². The zero-order chi connectivity index (χ0) is 17.4. The van der Waals surface area contributed by atoms with Crippen LogP contribution in [0.2, 0.25) is 0 Å². The number of nitrogen functional groups attached to an aromatic ring is 1. The van der Waals surface area contributed by atoms with Gasteiger partial charge in [0.05, 0.1) is 22.8 Å². The summed E-state index contributed by atoms with van der Waals surface area (Å²) >= 11 is 0. The first-order chi connectivity index (χ1) is 11.6. The second kappa shape index (κ2) is 9.02. The van der Waals surface area contributed by atoms with E-state index in [9.17, 15) is 0 Å². The molecule has 0 aliphatic heterocycles. The summed E-state index contributed by atoms with van der Waals surface area (Å²) in [5.41, 5.74) is 11.8. The number of benzene rings is 2. The van der Waals surface area contributed by atoms with Gasteiger partial charge in [-0.25, -0.2) is 0 Å². The summed E-state index contributed by atoms with van der Waals surface area (Å²) in [5.74, 6) is 0. The van der Waals surface area contributed by atoms with Gasteiger partial charge in [0.1, 0.15) is 0 Å². The molecule has 0 bridgehead atoms. The molecule has 2 aromatic rings. The summed E-state index contributed by atoms with van der Waals surface area (Å²) in [6.45, 7) is 6.44. The Balaban J connectivity index is 2.39. The quantitative estimate of drug-likeness (QED) is 0.492. The summed E-state index contributed by atoms with van der Waals surface area (Å²) in [5, 5.41) is 0. The lowest BCUT2D eigenvalue weighted by Crippen LogP contribution is -2.13. The molecule has 0 spiro atoms. The molecular formula is C21H27N3. The molecule has 2 N–H and O–H groups in total. The molecule has 2 aromatic carbocycles. The molecule has 0 heterocycles. The predicted octanol–water partition coefficient (Wildman–Crippen LogP) is 6.02. The van der Waals surface area contributed by atoms with Gasteiger partial charge < -0.3 is 5.73 Å². The van der Waals surface area contributed by atoms with Gasteiger partial charge in [-0.1, -0.05) is 44.4 Å². The minimum Gasteiger partial charge on any atom is -0.399 e. The van der Waals surface area contributed by atoms with E-state index in [1.165, 1.54) is 5.56 Å². The van der Waals surface area contributed by atoms with Crippen molar-refractivity contribution >= 4 is 28.5 Å². The van der Waals surface area contributed by atoms with Crippen LogP contribution in [0.25, 0.3) is 0 Å². The molecule has 0 radical (unpaired) electrons. The first-order valence-corrected chi connectivity index (χ1v) is 8.70. The van der Waals surface area contributed by atoms with Crippen LogP contribution < -0.4 is 5.73 Å². The third kappa shape index (κ3) is 5.34. The third-order valence-corrected chi connectivity index (χ3v) is 3.76. The Labute approximate surface area is 145 Å². The first kappa shape index (κ1) is 17.9. The van der Waals surface area contributed by atoms with Crippen molar-refractivity contribution in [3.8, 4) is 0 Å². The molecule has 24 heavy (non-hydrogen) atoms. The van der Waals surface area contributed by atoms with Gasteiger partial charge >= 0.3 is 0 Å². The number of aliphatic imine (C=N–C) groups is 2. The summed E-state index contributed by atoms with van der Waals surface area (Å²) in [6.07, 6.45) is 3.95. The monoisotopic (exact) mass is 321 g/mol. The van der Waals surface area contributed by atoms with Crippen LogP contribution >= 0.6 is 0 Å². The van der Waals surface area contributed by atoms with Gasteiger partial charge in [0, 0.05) is 5.69 Å². The van der Waals surface area contributed by atoms with E-state index in [0.717, 1.165) is 54.2 Å². The molecule has 0 aliphatic carbocycles.